The summed E-state index contributed by atoms with van der Waals surface area (Å²) < 4.78 is 2.81. The molecule has 144 valence electrons. The Hall–Kier alpha value is -2.58. The topological polar surface area (TPSA) is 76.0 Å². The molecule has 0 spiro atoms. The molecule has 2 N–H and O–H groups in total. The smallest absolute Gasteiger partial charge is 0.251 e. The third kappa shape index (κ3) is 5.02. The van der Waals surface area contributed by atoms with Gasteiger partial charge in [0.2, 0.25) is 0 Å². The highest BCUT2D eigenvalue weighted by Gasteiger charge is 2.08. The SMILES string of the molecule is CSc1nccn1-c1ccc(C(=O)NCCNC(=O)c2cccc(Br)c2)cc1. The van der Waals surface area contributed by atoms with E-state index < -0.39 is 0 Å². The quantitative estimate of drug-likeness (QED) is 0.419. The number of hydrogen-bond acceptors (Lipinski definition) is 4. The molecule has 8 heteroatoms. The van der Waals surface area contributed by atoms with Gasteiger partial charge in [-0.25, -0.2) is 4.98 Å². The standard InChI is InChI=1S/C20H19BrN4O2S/c1-28-20-24-11-12-25(20)17-7-5-14(6-8-17)18(26)22-9-10-23-19(27)15-3-2-4-16(21)13-15/h2-8,11-13H,9-10H2,1H3,(H,22,26)(H,23,27). The molecule has 28 heavy (non-hydrogen) atoms. The molecule has 0 aliphatic carbocycles. The monoisotopic (exact) mass is 458 g/mol. The molecule has 1 aromatic heterocycles. The summed E-state index contributed by atoms with van der Waals surface area (Å²) in [5, 5.41) is 6.48. The zero-order valence-corrected chi connectivity index (χ0v) is 17.6. The number of imidazole rings is 1. The summed E-state index contributed by atoms with van der Waals surface area (Å²) >= 11 is 4.90. The fourth-order valence-corrected chi connectivity index (χ4v) is 3.53. The van der Waals surface area contributed by atoms with Crippen LogP contribution in [0.25, 0.3) is 5.69 Å². The highest BCUT2D eigenvalue weighted by molar-refractivity contribution is 9.10. The first-order chi connectivity index (χ1) is 13.6. The van der Waals surface area contributed by atoms with E-state index in [9.17, 15) is 9.59 Å². The Morgan fingerprint density at radius 1 is 1.04 bits per heavy atom. The summed E-state index contributed by atoms with van der Waals surface area (Å²) in [6, 6.07) is 14.5. The molecule has 1 heterocycles. The minimum absolute atomic E-state index is 0.176. The number of benzene rings is 2. The molecule has 0 radical (unpaired) electrons. The maximum Gasteiger partial charge on any atom is 0.251 e. The van der Waals surface area contributed by atoms with Crippen molar-refractivity contribution in [3.05, 3.63) is 76.5 Å². The van der Waals surface area contributed by atoms with E-state index in [-0.39, 0.29) is 11.8 Å². The number of thioether (sulfide) groups is 1. The Kier molecular flexibility index (Phi) is 6.89. The Labute approximate surface area is 175 Å². The van der Waals surface area contributed by atoms with Crippen LogP contribution in [0.4, 0.5) is 0 Å². The van der Waals surface area contributed by atoms with Crippen molar-refractivity contribution in [3.8, 4) is 5.69 Å². The summed E-state index contributed by atoms with van der Waals surface area (Å²) in [4.78, 5) is 28.6. The van der Waals surface area contributed by atoms with Gasteiger partial charge < -0.3 is 10.6 Å². The molecule has 0 saturated carbocycles. The minimum Gasteiger partial charge on any atom is -0.350 e. The minimum atomic E-state index is -0.182. The van der Waals surface area contributed by atoms with Crippen LogP contribution in [-0.4, -0.2) is 40.7 Å². The lowest BCUT2D eigenvalue weighted by atomic mass is 10.2. The molecule has 0 fully saturated rings. The highest BCUT2D eigenvalue weighted by atomic mass is 79.9. The lowest BCUT2D eigenvalue weighted by molar-refractivity contribution is 0.0927. The van der Waals surface area contributed by atoms with E-state index in [1.54, 1.807) is 48.3 Å². The van der Waals surface area contributed by atoms with Gasteiger partial charge in [0.1, 0.15) is 0 Å². The average molecular weight is 459 g/mol. The van der Waals surface area contributed by atoms with Crippen LogP contribution in [-0.2, 0) is 0 Å². The predicted molar refractivity (Wildman–Crippen MR) is 114 cm³/mol. The number of nitrogens with zero attached hydrogens (tertiary/aromatic N) is 2. The Morgan fingerprint density at radius 2 is 1.71 bits per heavy atom. The van der Waals surface area contributed by atoms with Crippen molar-refractivity contribution in [3.63, 3.8) is 0 Å². The average Bonchev–Trinajstić information content (AvgIpc) is 3.20. The van der Waals surface area contributed by atoms with E-state index in [0.717, 1.165) is 15.3 Å². The van der Waals surface area contributed by atoms with Crippen molar-refractivity contribution in [2.24, 2.45) is 0 Å². The van der Waals surface area contributed by atoms with E-state index in [4.69, 9.17) is 0 Å². The molecule has 3 rings (SSSR count). The molecule has 0 aliphatic heterocycles. The van der Waals surface area contributed by atoms with E-state index in [1.165, 1.54) is 0 Å². The van der Waals surface area contributed by atoms with Gasteiger partial charge in [0.25, 0.3) is 11.8 Å². The van der Waals surface area contributed by atoms with Gasteiger partial charge in [0.15, 0.2) is 5.16 Å². The molecule has 2 amide bonds. The van der Waals surface area contributed by atoms with Gasteiger partial charge >= 0.3 is 0 Å². The lowest BCUT2D eigenvalue weighted by Crippen LogP contribution is -2.34. The number of rotatable bonds is 7. The van der Waals surface area contributed by atoms with Gasteiger partial charge in [0, 0.05) is 46.8 Å². The number of aromatic nitrogens is 2. The van der Waals surface area contributed by atoms with E-state index in [0.29, 0.717) is 24.2 Å². The molecule has 0 saturated heterocycles. The number of hydrogen-bond donors (Lipinski definition) is 2. The van der Waals surface area contributed by atoms with Gasteiger partial charge in [-0.2, -0.15) is 0 Å². The summed E-state index contributed by atoms with van der Waals surface area (Å²) in [5.41, 5.74) is 2.08. The second-order valence-corrected chi connectivity index (χ2v) is 7.54. The molecular weight excluding hydrogens is 440 g/mol. The first-order valence-electron chi connectivity index (χ1n) is 8.58. The van der Waals surface area contributed by atoms with Gasteiger partial charge in [0.05, 0.1) is 0 Å². The Morgan fingerprint density at radius 3 is 2.36 bits per heavy atom. The number of carbonyl (C=O) groups is 2. The summed E-state index contributed by atoms with van der Waals surface area (Å²) in [7, 11) is 0. The Bertz CT molecular complexity index is 972. The summed E-state index contributed by atoms with van der Waals surface area (Å²) in [6.07, 6.45) is 5.60. The fourth-order valence-electron chi connectivity index (χ4n) is 2.60. The van der Waals surface area contributed by atoms with Crippen LogP contribution in [0, 0.1) is 0 Å². The van der Waals surface area contributed by atoms with Gasteiger partial charge in [-0.05, 0) is 48.7 Å². The molecule has 6 nitrogen and oxygen atoms in total. The highest BCUT2D eigenvalue weighted by Crippen LogP contribution is 2.18. The van der Waals surface area contributed by atoms with Crippen molar-refractivity contribution < 1.29 is 9.59 Å². The van der Waals surface area contributed by atoms with Crippen LogP contribution in [0.5, 0.6) is 0 Å². The molecule has 3 aromatic rings. The molecule has 0 aliphatic rings. The van der Waals surface area contributed by atoms with Crippen molar-refractivity contribution in [2.45, 2.75) is 5.16 Å². The third-order valence-corrected chi connectivity index (χ3v) is 5.14. The van der Waals surface area contributed by atoms with Crippen molar-refractivity contribution in [2.75, 3.05) is 19.3 Å². The number of amides is 2. The summed E-state index contributed by atoms with van der Waals surface area (Å²) in [5.74, 6) is -0.358. The van der Waals surface area contributed by atoms with Crippen LogP contribution in [0.2, 0.25) is 0 Å². The maximum atomic E-state index is 12.3. The third-order valence-electron chi connectivity index (χ3n) is 3.98. The van der Waals surface area contributed by atoms with E-state index >= 15 is 0 Å². The fraction of sp³-hybridized carbons (Fsp3) is 0.150. The number of halogens is 1. The largest absolute Gasteiger partial charge is 0.350 e. The molecular formula is C20H19BrN4O2S. The number of carbonyl (C=O) groups excluding carboxylic acids is 2. The molecule has 0 atom stereocenters. The Balaban J connectivity index is 1.49. The maximum absolute atomic E-state index is 12.3. The van der Waals surface area contributed by atoms with Crippen LogP contribution in [0.15, 0.2) is 70.6 Å². The van der Waals surface area contributed by atoms with Crippen molar-refractivity contribution in [1.29, 1.82) is 0 Å². The van der Waals surface area contributed by atoms with Crippen LogP contribution in [0.1, 0.15) is 20.7 Å². The first-order valence-corrected chi connectivity index (χ1v) is 10.6. The van der Waals surface area contributed by atoms with Crippen molar-refractivity contribution in [1.82, 2.24) is 20.2 Å². The van der Waals surface area contributed by atoms with Crippen LogP contribution < -0.4 is 10.6 Å². The van der Waals surface area contributed by atoms with Crippen LogP contribution in [0.3, 0.4) is 0 Å². The lowest BCUT2D eigenvalue weighted by Gasteiger charge is -2.09. The van der Waals surface area contributed by atoms with Crippen LogP contribution >= 0.6 is 27.7 Å². The zero-order valence-electron chi connectivity index (χ0n) is 15.2. The van der Waals surface area contributed by atoms with Crippen molar-refractivity contribution >= 4 is 39.5 Å². The molecule has 2 aromatic carbocycles. The van der Waals surface area contributed by atoms with Gasteiger partial charge in [-0.1, -0.05) is 33.8 Å². The normalized spacial score (nSPS) is 10.5. The van der Waals surface area contributed by atoms with Gasteiger partial charge in [-0.3, -0.25) is 14.2 Å². The predicted octanol–water partition coefficient (Wildman–Crippen LogP) is 3.52. The second kappa shape index (κ2) is 9.57. The zero-order chi connectivity index (χ0) is 19.9. The molecule has 0 unspecified atom stereocenters. The summed E-state index contributed by atoms with van der Waals surface area (Å²) in [6.45, 7) is 0.694. The van der Waals surface area contributed by atoms with E-state index in [2.05, 4.69) is 31.5 Å². The first kappa shape index (κ1) is 20.2. The van der Waals surface area contributed by atoms with Gasteiger partial charge in [-0.15, -0.1) is 0 Å². The second-order valence-electron chi connectivity index (χ2n) is 5.85. The molecule has 0 bridgehead atoms. The number of nitrogens with one attached hydrogen (secondary N) is 2. The van der Waals surface area contributed by atoms with E-state index in [1.807, 2.05) is 35.2 Å².